The average Bonchev–Trinajstić information content (AvgIpc) is 2.75. The van der Waals surface area contributed by atoms with Crippen LogP contribution in [-0.2, 0) is 6.42 Å². The van der Waals surface area contributed by atoms with Crippen molar-refractivity contribution in [1.82, 2.24) is 5.43 Å². The molecule has 0 aliphatic rings. The fourth-order valence-corrected chi connectivity index (χ4v) is 3.73. The molecule has 1 atom stereocenters. The van der Waals surface area contributed by atoms with Crippen LogP contribution in [0, 0.1) is 5.82 Å². The lowest BCUT2D eigenvalue weighted by Crippen LogP contribution is -2.29. The molecule has 0 saturated carbocycles. The molecule has 1 heterocycles. The summed E-state index contributed by atoms with van der Waals surface area (Å²) in [5.41, 5.74) is 3.38. The van der Waals surface area contributed by atoms with Crippen LogP contribution in [0.25, 0.3) is 0 Å². The maximum Gasteiger partial charge on any atom is 0.127 e. The molecule has 18 heavy (non-hydrogen) atoms. The monoisotopic (exact) mass is 392 g/mol. The van der Waals surface area contributed by atoms with E-state index in [9.17, 15) is 4.39 Å². The first kappa shape index (κ1) is 14.1. The highest BCUT2D eigenvalue weighted by atomic mass is 79.9. The molecule has 2 rings (SSSR count). The van der Waals surface area contributed by atoms with E-state index in [1.54, 1.807) is 17.4 Å². The molecular weight excluding hydrogens is 383 g/mol. The Morgan fingerprint density at radius 1 is 1.33 bits per heavy atom. The molecule has 2 aromatic rings. The average molecular weight is 394 g/mol. The van der Waals surface area contributed by atoms with Gasteiger partial charge in [-0.2, -0.15) is 0 Å². The van der Waals surface area contributed by atoms with Crippen molar-refractivity contribution >= 4 is 43.2 Å². The molecule has 1 unspecified atom stereocenters. The van der Waals surface area contributed by atoms with Gasteiger partial charge < -0.3 is 0 Å². The molecule has 3 N–H and O–H groups in total. The van der Waals surface area contributed by atoms with Gasteiger partial charge in [-0.25, -0.2) is 4.39 Å². The highest BCUT2D eigenvalue weighted by molar-refractivity contribution is 9.10. The van der Waals surface area contributed by atoms with Crippen molar-refractivity contribution < 1.29 is 4.39 Å². The number of nitrogens with two attached hydrogens (primary N) is 1. The lowest BCUT2D eigenvalue weighted by Gasteiger charge is -2.15. The third-order valence-corrected chi connectivity index (χ3v) is 5.08. The van der Waals surface area contributed by atoms with Gasteiger partial charge in [0.25, 0.3) is 0 Å². The smallest absolute Gasteiger partial charge is 0.127 e. The molecule has 0 radical (unpaired) electrons. The highest BCUT2D eigenvalue weighted by Crippen LogP contribution is 2.31. The summed E-state index contributed by atoms with van der Waals surface area (Å²) in [6.45, 7) is 0. The fraction of sp³-hybridized carbons (Fsp3) is 0.167. The topological polar surface area (TPSA) is 38.0 Å². The van der Waals surface area contributed by atoms with Crippen LogP contribution in [0.5, 0.6) is 0 Å². The zero-order chi connectivity index (χ0) is 13.1. The van der Waals surface area contributed by atoms with Gasteiger partial charge in [-0.3, -0.25) is 11.3 Å². The van der Waals surface area contributed by atoms with Crippen LogP contribution >= 0.6 is 43.2 Å². The Labute approximate surface area is 126 Å². The Hall–Kier alpha value is -0.270. The van der Waals surface area contributed by atoms with Gasteiger partial charge in [0.05, 0.1) is 6.04 Å². The first-order valence-electron chi connectivity index (χ1n) is 5.24. The molecule has 96 valence electrons. The van der Waals surface area contributed by atoms with Crippen molar-refractivity contribution in [2.45, 2.75) is 12.5 Å². The number of thiophene rings is 1. The van der Waals surface area contributed by atoms with Crippen LogP contribution in [-0.4, -0.2) is 0 Å². The number of hydrogen-bond donors (Lipinski definition) is 2. The van der Waals surface area contributed by atoms with Crippen LogP contribution in [0.15, 0.2) is 38.6 Å². The Balaban J connectivity index is 2.23. The van der Waals surface area contributed by atoms with E-state index < -0.39 is 0 Å². The number of benzene rings is 1. The number of hydrogen-bond acceptors (Lipinski definition) is 3. The third kappa shape index (κ3) is 3.19. The first-order chi connectivity index (χ1) is 8.61. The minimum Gasteiger partial charge on any atom is -0.271 e. The number of halogens is 3. The van der Waals surface area contributed by atoms with E-state index in [4.69, 9.17) is 5.84 Å². The Kier molecular flexibility index (Phi) is 4.91. The van der Waals surface area contributed by atoms with Crippen LogP contribution in [0.2, 0.25) is 0 Å². The van der Waals surface area contributed by atoms with Gasteiger partial charge in [0, 0.05) is 13.8 Å². The molecule has 1 aromatic heterocycles. The number of nitrogens with one attached hydrogen (secondary N) is 1. The third-order valence-electron chi connectivity index (χ3n) is 2.60. The maximum atomic E-state index is 13.8. The first-order valence-corrected chi connectivity index (χ1v) is 7.71. The molecular formula is C12H11Br2FN2S. The second-order valence-corrected chi connectivity index (χ2v) is 6.51. The van der Waals surface area contributed by atoms with Crippen LogP contribution in [0.3, 0.4) is 0 Å². The Morgan fingerprint density at radius 2 is 2.11 bits per heavy atom. The molecule has 6 heteroatoms. The summed E-state index contributed by atoms with van der Waals surface area (Å²) >= 11 is 8.30. The summed E-state index contributed by atoms with van der Waals surface area (Å²) in [6, 6.07) is 6.92. The lowest BCUT2D eigenvalue weighted by atomic mass is 10.0. The fourth-order valence-electron chi connectivity index (χ4n) is 1.69. The van der Waals surface area contributed by atoms with E-state index in [2.05, 4.69) is 37.3 Å². The summed E-state index contributed by atoms with van der Waals surface area (Å²) in [5, 5.41) is 1.97. The van der Waals surface area contributed by atoms with Gasteiger partial charge >= 0.3 is 0 Å². The molecule has 2 nitrogen and oxygen atoms in total. The summed E-state index contributed by atoms with van der Waals surface area (Å²) in [5.74, 6) is 5.34. The Bertz CT molecular complexity index is 545. The molecule has 0 bridgehead atoms. The van der Waals surface area contributed by atoms with E-state index in [1.165, 1.54) is 6.07 Å². The molecule has 0 aliphatic carbocycles. The predicted molar refractivity (Wildman–Crippen MR) is 79.9 cm³/mol. The van der Waals surface area contributed by atoms with E-state index in [0.717, 1.165) is 13.8 Å². The van der Waals surface area contributed by atoms with Crippen LogP contribution in [0.1, 0.15) is 16.5 Å². The quantitative estimate of drug-likeness (QED) is 0.604. The van der Waals surface area contributed by atoms with Gasteiger partial charge in [-0.15, -0.1) is 11.3 Å². The summed E-state index contributed by atoms with van der Waals surface area (Å²) in [6.07, 6.45) is 0.509. The molecule has 0 amide bonds. The Morgan fingerprint density at radius 3 is 2.67 bits per heavy atom. The van der Waals surface area contributed by atoms with Crippen molar-refractivity contribution in [2.24, 2.45) is 5.84 Å². The van der Waals surface area contributed by atoms with Crippen molar-refractivity contribution in [2.75, 3.05) is 0 Å². The molecule has 0 spiro atoms. The van der Waals surface area contributed by atoms with Gasteiger partial charge in [-0.1, -0.05) is 22.0 Å². The van der Waals surface area contributed by atoms with Crippen LogP contribution < -0.4 is 11.3 Å². The maximum absolute atomic E-state index is 13.8. The van der Waals surface area contributed by atoms with E-state index in [-0.39, 0.29) is 11.9 Å². The second kappa shape index (κ2) is 6.25. The normalized spacial score (nSPS) is 12.7. The molecule has 0 fully saturated rings. The SMILES string of the molecule is NNC(Cc1ccc(Br)cc1F)c1sccc1Br. The lowest BCUT2D eigenvalue weighted by molar-refractivity contribution is 0.534. The minimum atomic E-state index is -0.225. The molecule has 0 saturated heterocycles. The molecule has 0 aliphatic heterocycles. The number of rotatable bonds is 4. The van der Waals surface area contributed by atoms with Crippen molar-refractivity contribution in [3.63, 3.8) is 0 Å². The zero-order valence-corrected chi connectivity index (χ0v) is 13.3. The zero-order valence-electron chi connectivity index (χ0n) is 9.29. The van der Waals surface area contributed by atoms with Gasteiger partial charge in [0.1, 0.15) is 5.82 Å². The van der Waals surface area contributed by atoms with Crippen molar-refractivity contribution in [3.8, 4) is 0 Å². The van der Waals surface area contributed by atoms with E-state index in [1.807, 2.05) is 17.5 Å². The van der Waals surface area contributed by atoms with E-state index >= 15 is 0 Å². The minimum absolute atomic E-state index is 0.102. The standard InChI is InChI=1S/C12H11Br2FN2S/c13-8-2-1-7(10(15)6-8)5-11(17-16)12-9(14)3-4-18-12/h1-4,6,11,17H,5,16H2. The van der Waals surface area contributed by atoms with Gasteiger partial charge in [0.15, 0.2) is 0 Å². The summed E-state index contributed by atoms with van der Waals surface area (Å²) < 4.78 is 15.5. The highest BCUT2D eigenvalue weighted by Gasteiger charge is 2.17. The second-order valence-electron chi connectivity index (χ2n) is 3.79. The van der Waals surface area contributed by atoms with Gasteiger partial charge in [0.2, 0.25) is 0 Å². The molecule has 1 aromatic carbocycles. The van der Waals surface area contributed by atoms with Crippen LogP contribution in [0.4, 0.5) is 4.39 Å². The summed E-state index contributed by atoms with van der Waals surface area (Å²) in [7, 11) is 0. The van der Waals surface area contributed by atoms with Gasteiger partial charge in [-0.05, 0) is 51.5 Å². The van der Waals surface area contributed by atoms with Crippen molar-refractivity contribution in [1.29, 1.82) is 0 Å². The van der Waals surface area contributed by atoms with Crippen molar-refractivity contribution in [3.05, 3.63) is 54.8 Å². The summed E-state index contributed by atoms with van der Waals surface area (Å²) in [4.78, 5) is 1.07. The number of hydrazine groups is 1. The van der Waals surface area contributed by atoms with E-state index in [0.29, 0.717) is 12.0 Å². The predicted octanol–water partition coefficient (Wildman–Crippen LogP) is 4.16. The largest absolute Gasteiger partial charge is 0.271 e.